The molecule has 5 aromatic rings. The zero-order valence-electron chi connectivity index (χ0n) is 41.3. The Kier molecular flexibility index (Phi) is 11.4. The lowest BCUT2D eigenvalue weighted by Crippen LogP contribution is -2.58. The predicted octanol–water partition coefficient (Wildman–Crippen LogP) is 4.36. The van der Waals surface area contributed by atoms with Gasteiger partial charge in [0.15, 0.2) is 0 Å². The van der Waals surface area contributed by atoms with Crippen LogP contribution in [0, 0.1) is 5.41 Å². The molecule has 0 saturated carbocycles. The van der Waals surface area contributed by atoms with Crippen LogP contribution in [-0.4, -0.2) is 126 Å². The number of fused-ring (bicyclic) bond motifs is 6. The Hall–Kier alpha value is -6.89. The lowest BCUT2D eigenvalue weighted by Gasteiger charge is -2.48. The molecule has 4 aromatic heterocycles. The van der Waals surface area contributed by atoms with Gasteiger partial charge in [0, 0.05) is 124 Å². The number of hydrogen-bond acceptors (Lipinski definition) is 13. The first-order valence-electron chi connectivity index (χ1n) is 25.4. The number of ether oxygens (including phenoxy) is 1. The van der Waals surface area contributed by atoms with E-state index < -0.39 is 11.9 Å². The van der Waals surface area contributed by atoms with E-state index in [4.69, 9.17) is 9.72 Å². The molecule has 18 heteroatoms. The van der Waals surface area contributed by atoms with Crippen LogP contribution in [0.5, 0.6) is 5.75 Å². The number of carbonyl (C=O) groups is 4. The number of imide groups is 1. The number of pyridine rings is 3. The zero-order chi connectivity index (χ0) is 49.7. The van der Waals surface area contributed by atoms with Crippen LogP contribution in [0.1, 0.15) is 95.2 Å². The Bertz CT molecular complexity index is 3130. The van der Waals surface area contributed by atoms with E-state index in [2.05, 4.69) is 61.7 Å². The largest absolute Gasteiger partial charge is 0.492 e. The van der Waals surface area contributed by atoms with Gasteiger partial charge in [0.1, 0.15) is 41.4 Å². The molecule has 0 spiro atoms. The normalized spacial score (nSPS) is 24.0. The second-order valence-corrected chi connectivity index (χ2v) is 21.7. The Balaban J connectivity index is 0.679. The molecule has 7 aliphatic rings. The summed E-state index contributed by atoms with van der Waals surface area (Å²) in [6.07, 6.45) is 9.73. The Morgan fingerprint density at radius 3 is 2.50 bits per heavy atom. The van der Waals surface area contributed by atoms with Crippen LogP contribution in [0.25, 0.3) is 11.1 Å². The molecule has 0 radical (unpaired) electrons. The van der Waals surface area contributed by atoms with Crippen molar-refractivity contribution in [2.45, 2.75) is 110 Å². The van der Waals surface area contributed by atoms with Crippen molar-refractivity contribution in [2.24, 2.45) is 12.5 Å². The molecule has 72 heavy (non-hydrogen) atoms. The molecule has 4 atom stereocenters. The summed E-state index contributed by atoms with van der Waals surface area (Å²) in [5, 5.41) is 16.5. The van der Waals surface area contributed by atoms with Gasteiger partial charge in [-0.05, 0) is 104 Å². The second kappa shape index (κ2) is 17.7. The molecule has 12 rings (SSSR count). The highest BCUT2D eigenvalue weighted by molar-refractivity contribution is 6.07. The van der Waals surface area contributed by atoms with Crippen LogP contribution in [0.2, 0.25) is 0 Å². The maximum absolute atomic E-state index is 14.0. The van der Waals surface area contributed by atoms with Gasteiger partial charge < -0.3 is 34.1 Å². The van der Waals surface area contributed by atoms with Gasteiger partial charge in [-0.1, -0.05) is 13.8 Å². The fourth-order valence-corrected chi connectivity index (χ4v) is 12.8. The third-order valence-electron chi connectivity index (χ3n) is 16.4. The number of amides is 4. The third-order valence-corrected chi connectivity index (χ3v) is 16.4. The molecule has 3 fully saturated rings. The molecule has 374 valence electrons. The Morgan fingerprint density at radius 2 is 1.71 bits per heavy atom. The minimum absolute atomic E-state index is 0.130. The smallest absolute Gasteiger partial charge is 0.276 e. The van der Waals surface area contributed by atoms with Crippen LogP contribution in [0.15, 0.2) is 65.8 Å². The zero-order valence-corrected chi connectivity index (χ0v) is 41.3. The summed E-state index contributed by atoms with van der Waals surface area (Å²) in [5.74, 6) is 0.657. The average Bonchev–Trinajstić information content (AvgIpc) is 3.92. The van der Waals surface area contributed by atoms with Gasteiger partial charge in [-0.3, -0.25) is 44.0 Å². The average molecular weight is 976 g/mol. The van der Waals surface area contributed by atoms with E-state index in [1.807, 2.05) is 36.5 Å². The van der Waals surface area contributed by atoms with Crippen LogP contribution >= 0.6 is 0 Å². The SMILES string of the molecule is C[C@H]1CN([C@H]2CCN3Cc4cc5c(cc4OC[C@H]3C2)C(=O)N(C2CCC(=O)NC2=O)C5)CCN1c1ccc(Nc2cc(-c3ccnc(N4CCn5c(cc6c5CC(C)(C)C6)C4=O)c3CO)cn(C)c2=O)nc1. The number of aromatic nitrogens is 4. The summed E-state index contributed by atoms with van der Waals surface area (Å²) in [6, 6.07) is 13.8. The van der Waals surface area contributed by atoms with Crippen molar-refractivity contribution in [3.63, 3.8) is 0 Å². The number of aryl methyl sites for hydroxylation is 1. The minimum Gasteiger partial charge on any atom is -0.492 e. The maximum Gasteiger partial charge on any atom is 0.276 e. The number of anilines is 4. The van der Waals surface area contributed by atoms with Crippen molar-refractivity contribution in [3.05, 3.63) is 111 Å². The van der Waals surface area contributed by atoms with E-state index in [0.717, 1.165) is 81.0 Å². The van der Waals surface area contributed by atoms with Crippen molar-refractivity contribution in [3.8, 4) is 16.9 Å². The van der Waals surface area contributed by atoms with Gasteiger partial charge in [0.2, 0.25) is 11.8 Å². The number of aliphatic hydroxyl groups excluding tert-OH is 1. The molecule has 0 bridgehead atoms. The first kappa shape index (κ1) is 46.2. The lowest BCUT2D eigenvalue weighted by atomic mass is 9.90. The number of rotatable bonds is 8. The molecule has 3 saturated heterocycles. The Morgan fingerprint density at radius 1 is 0.847 bits per heavy atom. The van der Waals surface area contributed by atoms with Crippen LogP contribution in [0.3, 0.4) is 0 Å². The molecule has 3 N–H and O–H groups in total. The van der Waals surface area contributed by atoms with Crippen LogP contribution < -0.4 is 30.7 Å². The van der Waals surface area contributed by atoms with E-state index in [-0.39, 0.29) is 53.8 Å². The highest BCUT2D eigenvalue weighted by atomic mass is 16.5. The molecule has 1 aliphatic carbocycles. The summed E-state index contributed by atoms with van der Waals surface area (Å²) >= 11 is 0. The number of nitrogens with zero attached hydrogens (tertiary/aromatic N) is 9. The molecule has 18 nitrogen and oxygen atoms in total. The molecule has 1 unspecified atom stereocenters. The number of piperidine rings is 2. The molecular weight excluding hydrogens is 915 g/mol. The summed E-state index contributed by atoms with van der Waals surface area (Å²) < 4.78 is 10.1. The quantitative estimate of drug-likeness (QED) is 0.186. The highest BCUT2D eigenvalue weighted by Crippen LogP contribution is 2.41. The van der Waals surface area contributed by atoms with E-state index in [1.54, 1.807) is 35.3 Å². The second-order valence-electron chi connectivity index (χ2n) is 21.7. The first-order chi connectivity index (χ1) is 34.7. The van der Waals surface area contributed by atoms with Crippen molar-refractivity contribution in [2.75, 3.05) is 54.4 Å². The van der Waals surface area contributed by atoms with Crippen LogP contribution in [-0.2, 0) is 55.7 Å². The van der Waals surface area contributed by atoms with Gasteiger partial charge in [0.25, 0.3) is 17.4 Å². The molecular formula is C54H61N11O7. The summed E-state index contributed by atoms with van der Waals surface area (Å²) in [6.45, 7) is 12.8. The lowest BCUT2D eigenvalue weighted by molar-refractivity contribution is -0.136. The first-order valence-corrected chi connectivity index (χ1v) is 25.4. The van der Waals surface area contributed by atoms with Crippen LogP contribution in [0.4, 0.5) is 23.0 Å². The number of hydrogen-bond donors (Lipinski definition) is 3. The van der Waals surface area contributed by atoms with Crippen molar-refractivity contribution in [1.29, 1.82) is 0 Å². The molecule has 1 aromatic carbocycles. The minimum atomic E-state index is -0.646. The van der Waals surface area contributed by atoms with Gasteiger partial charge in [-0.2, -0.15) is 0 Å². The van der Waals surface area contributed by atoms with E-state index in [1.165, 1.54) is 15.8 Å². The van der Waals surface area contributed by atoms with Gasteiger partial charge in [-0.25, -0.2) is 9.97 Å². The number of benzene rings is 1. The van der Waals surface area contributed by atoms with E-state index >= 15 is 0 Å². The molecule has 10 heterocycles. The van der Waals surface area contributed by atoms with Crippen molar-refractivity contribution >= 4 is 46.6 Å². The van der Waals surface area contributed by atoms with E-state index in [0.29, 0.717) is 84.0 Å². The standard InChI is InChI=1S/C54H61N11O7/c1-31-25-61(36-10-12-60-27-35-17-33-28-65(43-6-8-48(67)58-50(43)68)51(69)40(33)21-46(35)72-30-38(60)20-36)13-14-62(31)37-5-7-47(56-24-37)57-42-18-34(26-59(4)52(42)70)39-9-11-55-49(41(39)29-66)64-16-15-63-44(53(64)71)19-32-22-54(2,3)23-45(32)63/h5,7,9,11,17-19,21,24,26,31,36,38,43,66H,6,8,10,12-16,20,22-23,25,27-30H2,1-4H3,(H,56,57)(H,58,67,68)/t31-,36-,38+,43?/m0/s1. The van der Waals surface area contributed by atoms with E-state index in [9.17, 15) is 29.1 Å². The van der Waals surface area contributed by atoms with Crippen molar-refractivity contribution in [1.82, 2.24) is 39.1 Å². The predicted molar refractivity (Wildman–Crippen MR) is 269 cm³/mol. The molecule has 4 amide bonds. The topological polar surface area (TPSA) is 191 Å². The summed E-state index contributed by atoms with van der Waals surface area (Å²) in [4.78, 5) is 85.7. The number of piperazine rings is 1. The fraction of sp³-hybridized carbons (Fsp3) is 0.463. The maximum atomic E-state index is 14.0. The van der Waals surface area contributed by atoms with Gasteiger partial charge in [-0.15, -0.1) is 0 Å². The number of carbonyl (C=O) groups excluding carboxylic acids is 4. The fourth-order valence-electron chi connectivity index (χ4n) is 12.8. The number of nitrogens with one attached hydrogen (secondary N) is 2. The summed E-state index contributed by atoms with van der Waals surface area (Å²) in [5.41, 5.74) is 8.85. The third kappa shape index (κ3) is 8.03. The van der Waals surface area contributed by atoms with Gasteiger partial charge >= 0.3 is 0 Å². The van der Waals surface area contributed by atoms with Crippen molar-refractivity contribution < 1.29 is 29.0 Å². The summed E-state index contributed by atoms with van der Waals surface area (Å²) in [7, 11) is 1.70. The number of aliphatic hydroxyl groups is 1. The Labute approximate surface area is 417 Å². The highest BCUT2D eigenvalue weighted by Gasteiger charge is 2.42. The molecule has 6 aliphatic heterocycles. The monoisotopic (exact) mass is 975 g/mol. The van der Waals surface area contributed by atoms with Gasteiger partial charge in [0.05, 0.1) is 18.5 Å².